The predicted molar refractivity (Wildman–Crippen MR) is 65.5 cm³/mol. The number of amides is 1. The highest BCUT2D eigenvalue weighted by atomic mass is 19.4. The van der Waals surface area contributed by atoms with Gasteiger partial charge in [0.1, 0.15) is 5.69 Å². The standard InChI is InChI=1S/C13H13F3N2O3/c14-13(15,16)9-3-4-10(17-6-9)11(19)18-5-1-2-8(7-18)12(20)21/h3-4,6,8H,1-2,5,7H2,(H,20,21)/t8-/m1/s1. The number of aliphatic carboxylic acids is 1. The van der Waals surface area contributed by atoms with Crippen LogP contribution < -0.4 is 0 Å². The van der Waals surface area contributed by atoms with Crippen LogP contribution in [-0.2, 0) is 11.0 Å². The highest BCUT2D eigenvalue weighted by Crippen LogP contribution is 2.28. The molecule has 1 amide bonds. The number of hydrogen-bond donors (Lipinski definition) is 1. The molecule has 21 heavy (non-hydrogen) atoms. The lowest BCUT2D eigenvalue weighted by Crippen LogP contribution is -2.42. The smallest absolute Gasteiger partial charge is 0.417 e. The molecule has 1 aliphatic heterocycles. The van der Waals surface area contributed by atoms with Gasteiger partial charge in [-0.3, -0.25) is 14.6 Å². The van der Waals surface area contributed by atoms with Crippen LogP contribution in [0.15, 0.2) is 18.3 Å². The summed E-state index contributed by atoms with van der Waals surface area (Å²) in [5, 5.41) is 8.96. The van der Waals surface area contributed by atoms with Gasteiger partial charge in [0.25, 0.3) is 5.91 Å². The maximum absolute atomic E-state index is 12.4. The van der Waals surface area contributed by atoms with Crippen molar-refractivity contribution in [2.45, 2.75) is 19.0 Å². The number of aromatic nitrogens is 1. The monoisotopic (exact) mass is 302 g/mol. The van der Waals surface area contributed by atoms with Crippen molar-refractivity contribution in [1.82, 2.24) is 9.88 Å². The normalized spacial score (nSPS) is 19.4. The van der Waals surface area contributed by atoms with Gasteiger partial charge in [-0.05, 0) is 25.0 Å². The number of carboxylic acid groups (broad SMARTS) is 1. The molecule has 2 rings (SSSR count). The molecule has 0 radical (unpaired) electrons. The molecule has 1 N–H and O–H groups in total. The van der Waals surface area contributed by atoms with Crippen molar-refractivity contribution in [2.24, 2.45) is 5.92 Å². The lowest BCUT2D eigenvalue weighted by atomic mass is 9.98. The first-order chi connectivity index (χ1) is 9.79. The molecule has 0 aromatic carbocycles. The van der Waals surface area contributed by atoms with Gasteiger partial charge >= 0.3 is 12.1 Å². The van der Waals surface area contributed by atoms with E-state index in [1.54, 1.807) is 0 Å². The Morgan fingerprint density at radius 1 is 1.33 bits per heavy atom. The molecule has 1 atom stereocenters. The van der Waals surface area contributed by atoms with Gasteiger partial charge in [0.2, 0.25) is 0 Å². The lowest BCUT2D eigenvalue weighted by molar-refractivity contribution is -0.143. The third kappa shape index (κ3) is 3.50. The summed E-state index contributed by atoms with van der Waals surface area (Å²) in [5.41, 5.74) is -1.05. The summed E-state index contributed by atoms with van der Waals surface area (Å²) in [4.78, 5) is 27.9. The van der Waals surface area contributed by atoms with E-state index in [1.807, 2.05) is 0 Å². The lowest BCUT2D eigenvalue weighted by Gasteiger charge is -2.30. The maximum atomic E-state index is 12.4. The Morgan fingerprint density at radius 3 is 2.57 bits per heavy atom. The summed E-state index contributed by atoms with van der Waals surface area (Å²) >= 11 is 0. The van der Waals surface area contributed by atoms with Crippen LogP contribution in [0.25, 0.3) is 0 Å². The van der Waals surface area contributed by atoms with Crippen LogP contribution in [0.1, 0.15) is 28.9 Å². The Kier molecular flexibility index (Phi) is 4.15. The van der Waals surface area contributed by atoms with Crippen LogP contribution in [0, 0.1) is 5.92 Å². The topological polar surface area (TPSA) is 70.5 Å². The van der Waals surface area contributed by atoms with Gasteiger partial charge in [-0.15, -0.1) is 0 Å². The number of halogens is 3. The molecule has 0 bridgehead atoms. The molecule has 0 aliphatic carbocycles. The third-order valence-corrected chi connectivity index (χ3v) is 3.37. The third-order valence-electron chi connectivity index (χ3n) is 3.37. The Morgan fingerprint density at radius 2 is 2.05 bits per heavy atom. The minimum Gasteiger partial charge on any atom is -0.481 e. The van der Waals surface area contributed by atoms with Crippen LogP contribution in [-0.4, -0.2) is 40.0 Å². The second kappa shape index (κ2) is 5.71. The summed E-state index contributed by atoms with van der Waals surface area (Å²) in [5.74, 6) is -2.17. The van der Waals surface area contributed by atoms with E-state index in [0.29, 0.717) is 25.6 Å². The largest absolute Gasteiger partial charge is 0.481 e. The Bertz CT molecular complexity index is 543. The number of nitrogens with zero attached hydrogens (tertiary/aromatic N) is 2. The zero-order valence-electron chi connectivity index (χ0n) is 10.9. The van der Waals surface area contributed by atoms with Gasteiger partial charge in [-0.25, -0.2) is 0 Å². The van der Waals surface area contributed by atoms with Gasteiger partial charge in [-0.2, -0.15) is 13.2 Å². The first-order valence-corrected chi connectivity index (χ1v) is 6.34. The van der Waals surface area contributed by atoms with Crippen molar-refractivity contribution in [3.05, 3.63) is 29.6 Å². The molecule has 0 unspecified atom stereocenters. The SMILES string of the molecule is O=C(O)[C@@H]1CCCN(C(=O)c2ccc(C(F)(F)F)cn2)C1. The van der Waals surface area contributed by atoms with Crippen molar-refractivity contribution < 1.29 is 27.9 Å². The zero-order valence-corrected chi connectivity index (χ0v) is 10.9. The van der Waals surface area contributed by atoms with E-state index in [-0.39, 0.29) is 12.2 Å². The summed E-state index contributed by atoms with van der Waals surface area (Å²) in [6.45, 7) is 0.433. The van der Waals surface area contributed by atoms with Crippen molar-refractivity contribution in [3.63, 3.8) is 0 Å². The average Bonchev–Trinajstić information content (AvgIpc) is 2.46. The molecule has 8 heteroatoms. The van der Waals surface area contributed by atoms with E-state index in [0.717, 1.165) is 12.1 Å². The number of carbonyl (C=O) groups is 2. The highest BCUT2D eigenvalue weighted by molar-refractivity contribution is 5.92. The van der Waals surface area contributed by atoms with Crippen LogP contribution in [0.2, 0.25) is 0 Å². The quantitative estimate of drug-likeness (QED) is 0.907. The minimum absolute atomic E-state index is 0.0524. The molecule has 1 aromatic rings. The van der Waals surface area contributed by atoms with Crippen LogP contribution in [0.5, 0.6) is 0 Å². The van der Waals surface area contributed by atoms with E-state index in [4.69, 9.17) is 5.11 Å². The Hall–Kier alpha value is -2.12. The Balaban J connectivity index is 2.11. The van der Waals surface area contributed by atoms with E-state index < -0.39 is 29.5 Å². The maximum Gasteiger partial charge on any atom is 0.417 e. The summed E-state index contributed by atoms with van der Waals surface area (Å²) < 4.78 is 37.2. The summed E-state index contributed by atoms with van der Waals surface area (Å²) in [6, 6.07) is 1.80. The Labute approximate surface area is 118 Å². The second-order valence-electron chi connectivity index (χ2n) is 4.86. The molecular weight excluding hydrogens is 289 g/mol. The first-order valence-electron chi connectivity index (χ1n) is 6.34. The summed E-state index contributed by atoms with van der Waals surface area (Å²) in [6.07, 6.45) is -2.87. The molecule has 2 heterocycles. The summed E-state index contributed by atoms with van der Waals surface area (Å²) in [7, 11) is 0. The number of piperidine rings is 1. The van der Waals surface area contributed by atoms with E-state index in [9.17, 15) is 22.8 Å². The van der Waals surface area contributed by atoms with Crippen molar-refractivity contribution >= 4 is 11.9 Å². The van der Waals surface area contributed by atoms with Gasteiger partial charge in [-0.1, -0.05) is 0 Å². The van der Waals surface area contributed by atoms with E-state index in [1.165, 1.54) is 4.90 Å². The number of pyridine rings is 1. The van der Waals surface area contributed by atoms with Gasteiger partial charge in [0.15, 0.2) is 0 Å². The molecular formula is C13H13F3N2O3. The number of alkyl halides is 3. The molecule has 1 aromatic heterocycles. The fraction of sp³-hybridized carbons (Fsp3) is 0.462. The van der Waals surface area contributed by atoms with Gasteiger partial charge in [0, 0.05) is 19.3 Å². The van der Waals surface area contributed by atoms with Crippen LogP contribution in [0.3, 0.4) is 0 Å². The number of rotatable bonds is 2. The average molecular weight is 302 g/mol. The second-order valence-corrected chi connectivity index (χ2v) is 4.86. The predicted octanol–water partition coefficient (Wildman–Crippen LogP) is 2.04. The van der Waals surface area contributed by atoms with Crippen molar-refractivity contribution in [1.29, 1.82) is 0 Å². The number of hydrogen-bond acceptors (Lipinski definition) is 3. The molecule has 114 valence electrons. The fourth-order valence-electron chi connectivity index (χ4n) is 2.21. The van der Waals surface area contributed by atoms with Gasteiger partial charge < -0.3 is 10.0 Å². The molecule has 1 aliphatic rings. The molecule has 0 spiro atoms. The van der Waals surface area contributed by atoms with Crippen LogP contribution in [0.4, 0.5) is 13.2 Å². The number of carboxylic acids is 1. The number of carbonyl (C=O) groups excluding carboxylic acids is 1. The number of likely N-dealkylation sites (tertiary alicyclic amines) is 1. The zero-order chi connectivity index (χ0) is 15.6. The fourth-order valence-corrected chi connectivity index (χ4v) is 2.21. The van der Waals surface area contributed by atoms with E-state index in [2.05, 4.69) is 4.98 Å². The minimum atomic E-state index is -4.51. The van der Waals surface area contributed by atoms with Gasteiger partial charge in [0.05, 0.1) is 11.5 Å². The van der Waals surface area contributed by atoms with Crippen LogP contribution >= 0.6 is 0 Å². The molecule has 1 saturated heterocycles. The first kappa shape index (κ1) is 15.3. The highest BCUT2D eigenvalue weighted by Gasteiger charge is 2.32. The van der Waals surface area contributed by atoms with Crippen molar-refractivity contribution in [2.75, 3.05) is 13.1 Å². The molecule has 0 saturated carbocycles. The molecule has 5 nitrogen and oxygen atoms in total. The molecule has 1 fully saturated rings. The van der Waals surface area contributed by atoms with Crippen molar-refractivity contribution in [3.8, 4) is 0 Å². The van der Waals surface area contributed by atoms with E-state index >= 15 is 0 Å².